The summed E-state index contributed by atoms with van der Waals surface area (Å²) in [4.78, 5) is 98.3. The molecule has 0 aromatic heterocycles. The van der Waals surface area contributed by atoms with Gasteiger partial charge in [0.2, 0.25) is 11.8 Å². The van der Waals surface area contributed by atoms with Gasteiger partial charge >= 0.3 is 0 Å². The van der Waals surface area contributed by atoms with Gasteiger partial charge in [0, 0.05) is 20.3 Å². The number of rotatable bonds is 20. The van der Waals surface area contributed by atoms with E-state index in [0.717, 1.165) is 32.1 Å². The monoisotopic (exact) mass is 1140 g/mol. The second-order valence-corrected chi connectivity index (χ2v) is 19.2. The Bertz CT molecular complexity index is 2900. The van der Waals surface area contributed by atoms with Crippen molar-refractivity contribution in [1.82, 2.24) is 20.4 Å². The summed E-state index contributed by atoms with van der Waals surface area (Å²) < 4.78 is 0. The van der Waals surface area contributed by atoms with Gasteiger partial charge in [0.15, 0.2) is 11.6 Å². The van der Waals surface area contributed by atoms with Crippen LogP contribution < -0.4 is 10.6 Å². The van der Waals surface area contributed by atoms with E-state index in [0.29, 0.717) is 41.5 Å². The zero-order chi connectivity index (χ0) is 56.7. The Labute approximate surface area is 473 Å². The quantitative estimate of drug-likeness (QED) is 0.0427. The van der Waals surface area contributed by atoms with Crippen LogP contribution in [0.15, 0.2) is 170 Å². The Morgan fingerprint density at radius 2 is 0.756 bits per heavy atom. The number of benzene rings is 6. The molecule has 18 heteroatoms. The smallest absolute Gasteiger partial charge is 0.262 e. The van der Waals surface area contributed by atoms with Crippen molar-refractivity contribution in [2.75, 3.05) is 23.5 Å². The van der Waals surface area contributed by atoms with Gasteiger partial charge in [-0.2, -0.15) is 0 Å². The van der Waals surface area contributed by atoms with Gasteiger partial charge in [0.1, 0.15) is 6.04 Å². The predicted octanol–water partition coefficient (Wildman–Crippen LogP) is 8.07. The molecule has 0 saturated carbocycles. The molecule has 2 aliphatic heterocycles. The van der Waals surface area contributed by atoms with Crippen molar-refractivity contribution in [3.8, 4) is 0 Å². The van der Waals surface area contributed by atoms with Gasteiger partial charge in [0.25, 0.3) is 23.6 Å². The number of alkyl halides is 4. The number of Topliss-reactive ketones (excluding diaryl/α,β-unsaturated/α-hetero) is 2. The summed E-state index contributed by atoms with van der Waals surface area (Å²) in [6, 6.07) is 48.7. The molecule has 0 saturated heterocycles. The van der Waals surface area contributed by atoms with Crippen molar-refractivity contribution in [2.45, 2.75) is 75.9 Å². The minimum atomic E-state index is -0.987. The lowest BCUT2D eigenvalue weighted by atomic mass is 10.0. The minimum absolute atomic E-state index is 0.0507. The van der Waals surface area contributed by atoms with Gasteiger partial charge in [-0.3, -0.25) is 48.2 Å². The number of fused-ring (bicyclic) bond motifs is 2. The highest BCUT2D eigenvalue weighted by molar-refractivity contribution is 6.30. The van der Waals surface area contributed by atoms with Crippen molar-refractivity contribution < 1.29 is 48.6 Å². The van der Waals surface area contributed by atoms with E-state index in [4.69, 9.17) is 46.4 Å². The molecule has 6 atom stereocenters. The van der Waals surface area contributed by atoms with Gasteiger partial charge in [0.05, 0.1) is 76.1 Å². The van der Waals surface area contributed by atoms with E-state index in [1.807, 2.05) is 121 Å². The Morgan fingerprint density at radius 1 is 0.423 bits per heavy atom. The summed E-state index contributed by atoms with van der Waals surface area (Å²) in [7, 11) is 0. The number of halogens is 4. The Kier molecular flexibility index (Phi) is 24.9. The number of imide groups is 2. The lowest BCUT2D eigenvalue weighted by molar-refractivity contribution is -0.125. The third-order valence-electron chi connectivity index (χ3n) is 12.4. The molecule has 6 amide bonds. The van der Waals surface area contributed by atoms with Crippen LogP contribution in [0.25, 0.3) is 0 Å². The molecule has 0 bridgehead atoms. The highest BCUT2D eigenvalue weighted by Crippen LogP contribution is 2.29. The average molecular weight is 1140 g/mol. The molecule has 2 aliphatic rings. The number of carbonyl (C=O) groups is 8. The standard InChI is InChI=1S/C18H16ClNO3.C18H14ClNO3.C12H16ClNO2.C12H14ClNO2/c2*19-11-16(21)15(10-12-6-2-1-3-7-12)20-17(22)13-8-4-5-9-14(13)18(20)23;2*1-9(15)14-11(12(16)8-13)7-10-5-3-2-4-6-10/h1-9,15-16,21H,10-11H2;1-9,15H,10-11H2;2-6,11-12,16H,7-8H2,1H3,(H,14,15);2-6,11H,7-8H2,1H3,(H,14,15)/t15-,16-;15-;11-,12-;11-/m0000/s1. The molecule has 6 aromatic rings. The molecular formula is C60H60Cl4N4O10. The van der Waals surface area contributed by atoms with E-state index < -0.39 is 42.1 Å². The number of aliphatic hydroxyl groups excluding tert-OH is 2. The molecule has 0 unspecified atom stereocenters. The van der Waals surface area contributed by atoms with E-state index >= 15 is 0 Å². The maximum atomic E-state index is 12.6. The lowest BCUT2D eigenvalue weighted by Gasteiger charge is -2.29. The molecule has 0 fully saturated rings. The summed E-state index contributed by atoms with van der Waals surface area (Å²) in [6.45, 7) is 2.82. The van der Waals surface area contributed by atoms with E-state index in [1.54, 1.807) is 48.5 Å². The maximum Gasteiger partial charge on any atom is 0.262 e. The second-order valence-electron chi connectivity index (χ2n) is 18.1. The Balaban J connectivity index is 0.000000195. The zero-order valence-electron chi connectivity index (χ0n) is 42.9. The number of carbonyl (C=O) groups excluding carboxylic acids is 8. The zero-order valence-corrected chi connectivity index (χ0v) is 45.9. The molecule has 2 heterocycles. The van der Waals surface area contributed by atoms with Gasteiger partial charge in [-0.05, 0) is 65.8 Å². The summed E-state index contributed by atoms with van der Waals surface area (Å²) in [6.07, 6.45) is -0.0388. The van der Waals surface area contributed by atoms with Crippen LogP contribution in [0.1, 0.15) is 77.5 Å². The molecule has 78 heavy (non-hydrogen) atoms. The number of hydrogen-bond donors (Lipinski definition) is 4. The third-order valence-corrected chi connectivity index (χ3v) is 13.6. The number of hydrogen-bond acceptors (Lipinski definition) is 10. The van der Waals surface area contributed by atoms with Crippen LogP contribution in [0.2, 0.25) is 0 Å². The first kappa shape index (κ1) is 61.8. The number of ketones is 2. The van der Waals surface area contributed by atoms with Gasteiger partial charge in [-0.25, -0.2) is 0 Å². The van der Waals surface area contributed by atoms with Crippen LogP contribution in [0.3, 0.4) is 0 Å². The lowest BCUT2D eigenvalue weighted by Crippen LogP contribution is -2.49. The fourth-order valence-corrected chi connectivity index (χ4v) is 9.37. The van der Waals surface area contributed by atoms with Crippen molar-refractivity contribution in [3.05, 3.63) is 214 Å². The molecule has 0 spiro atoms. The van der Waals surface area contributed by atoms with E-state index in [2.05, 4.69) is 10.6 Å². The number of nitrogens with one attached hydrogen (secondary N) is 2. The van der Waals surface area contributed by atoms with Crippen molar-refractivity contribution in [3.63, 3.8) is 0 Å². The van der Waals surface area contributed by atoms with E-state index in [-0.39, 0.29) is 71.2 Å². The normalized spacial score (nSPS) is 14.5. The predicted molar refractivity (Wildman–Crippen MR) is 302 cm³/mol. The van der Waals surface area contributed by atoms with Crippen LogP contribution >= 0.6 is 46.4 Å². The highest BCUT2D eigenvalue weighted by Gasteiger charge is 2.43. The molecule has 0 aliphatic carbocycles. The first-order chi connectivity index (χ1) is 37.5. The molecule has 4 N–H and O–H groups in total. The van der Waals surface area contributed by atoms with Crippen molar-refractivity contribution in [2.24, 2.45) is 0 Å². The first-order valence-electron chi connectivity index (χ1n) is 24.8. The summed E-state index contributed by atoms with van der Waals surface area (Å²) in [5.41, 5.74) is 5.27. The van der Waals surface area contributed by atoms with Crippen LogP contribution in [0, 0.1) is 0 Å². The highest BCUT2D eigenvalue weighted by atomic mass is 35.5. The number of amides is 6. The summed E-state index contributed by atoms with van der Waals surface area (Å²) in [5.74, 6) is -2.80. The fourth-order valence-electron chi connectivity index (χ4n) is 8.59. The summed E-state index contributed by atoms with van der Waals surface area (Å²) >= 11 is 22.6. The first-order valence-corrected chi connectivity index (χ1v) is 27.0. The van der Waals surface area contributed by atoms with Crippen molar-refractivity contribution in [1.29, 1.82) is 0 Å². The van der Waals surface area contributed by atoms with Gasteiger partial charge in [-0.15, -0.1) is 46.4 Å². The van der Waals surface area contributed by atoms with Crippen molar-refractivity contribution >= 4 is 93.4 Å². The molecule has 8 rings (SSSR count). The number of aliphatic hydroxyl groups is 2. The largest absolute Gasteiger partial charge is 0.390 e. The van der Waals surface area contributed by atoms with Gasteiger partial charge in [-0.1, -0.05) is 146 Å². The SMILES string of the molecule is CC(=O)N[C@@H](Cc1ccccc1)C(=O)CCl.CC(=O)N[C@@H](Cc1ccccc1)[C@@H](O)CCl.O=C(CCl)[C@H](Cc1ccccc1)N1C(=O)c2ccccc2C1=O.O=C1c2ccccc2C(=O)N1[C@@H](Cc1ccccc1)[C@@H](O)CCl. The summed E-state index contributed by atoms with van der Waals surface area (Å²) in [5, 5.41) is 25.3. The average Bonchev–Trinajstić information content (AvgIpc) is 4.08. The van der Waals surface area contributed by atoms with Gasteiger partial charge < -0.3 is 20.8 Å². The van der Waals surface area contributed by atoms with Crippen LogP contribution in [0.5, 0.6) is 0 Å². The molecular weight excluding hydrogens is 1080 g/mol. The Hall–Kier alpha value is -7.04. The minimum Gasteiger partial charge on any atom is -0.390 e. The topological polar surface area (TPSA) is 208 Å². The van der Waals surface area contributed by atoms with Crippen LogP contribution in [-0.2, 0) is 44.9 Å². The van der Waals surface area contributed by atoms with Crippen LogP contribution in [0.4, 0.5) is 0 Å². The Morgan fingerprint density at radius 3 is 1.12 bits per heavy atom. The number of nitrogens with zero attached hydrogens (tertiary/aromatic N) is 2. The fraction of sp³-hybridized carbons (Fsp3) is 0.267. The molecule has 408 valence electrons. The van der Waals surface area contributed by atoms with E-state index in [9.17, 15) is 48.6 Å². The maximum absolute atomic E-state index is 12.6. The third kappa shape index (κ3) is 17.5. The van der Waals surface area contributed by atoms with E-state index in [1.165, 1.54) is 13.8 Å². The second kappa shape index (κ2) is 31.4. The molecule has 0 radical (unpaired) electrons. The van der Waals surface area contributed by atoms with Crippen LogP contribution in [-0.4, -0.2) is 127 Å². The molecule has 14 nitrogen and oxygen atoms in total. The molecule has 6 aromatic carbocycles.